The maximum absolute atomic E-state index is 12.3. The number of thiophene rings is 1. The van der Waals surface area contributed by atoms with Crippen molar-refractivity contribution in [1.29, 1.82) is 0 Å². The first-order valence-electron chi connectivity index (χ1n) is 7.73. The van der Waals surface area contributed by atoms with Crippen molar-refractivity contribution in [3.05, 3.63) is 16.0 Å². The lowest BCUT2D eigenvalue weighted by Crippen LogP contribution is -2.34. The lowest BCUT2D eigenvalue weighted by Gasteiger charge is -2.25. The second kappa shape index (κ2) is 7.12. The van der Waals surface area contributed by atoms with Gasteiger partial charge in [0, 0.05) is 24.3 Å². The molecular formula is C16H22N2O4S. The molecule has 0 fully saturated rings. The monoisotopic (exact) mass is 338 g/mol. The molecule has 0 atom stereocenters. The number of hydrogen-bond acceptors (Lipinski definition) is 5. The predicted octanol–water partition coefficient (Wildman–Crippen LogP) is 2.42. The summed E-state index contributed by atoms with van der Waals surface area (Å²) in [5.74, 6) is -0.731. The quantitative estimate of drug-likeness (QED) is 0.856. The SMILES string of the molecule is CCOC(=O)c1c(NC(=O)C(C)C)sc2c1CCN(C(C)=O)C2. The first kappa shape index (κ1) is 17.5. The Hall–Kier alpha value is -1.89. The van der Waals surface area contributed by atoms with Crippen LogP contribution in [0.5, 0.6) is 0 Å². The number of rotatable bonds is 4. The van der Waals surface area contributed by atoms with Gasteiger partial charge in [0.15, 0.2) is 0 Å². The third-order valence-corrected chi connectivity index (χ3v) is 4.88. The minimum atomic E-state index is -0.416. The van der Waals surface area contributed by atoms with Crippen LogP contribution in [0.1, 0.15) is 48.5 Å². The van der Waals surface area contributed by atoms with Gasteiger partial charge in [-0.2, -0.15) is 0 Å². The summed E-state index contributed by atoms with van der Waals surface area (Å²) in [6.45, 7) is 8.20. The van der Waals surface area contributed by atoms with Gasteiger partial charge in [0.05, 0.1) is 18.7 Å². The van der Waals surface area contributed by atoms with Crippen LogP contribution in [0.25, 0.3) is 0 Å². The average molecular weight is 338 g/mol. The standard InChI is InChI=1S/C16H22N2O4S/c1-5-22-16(21)13-11-6-7-18(10(4)19)8-12(11)23-15(13)17-14(20)9(2)3/h9H,5-8H2,1-4H3,(H,17,20). The maximum atomic E-state index is 12.3. The number of nitrogens with one attached hydrogen (secondary N) is 1. The molecule has 7 heteroatoms. The third-order valence-electron chi connectivity index (χ3n) is 3.74. The fourth-order valence-electron chi connectivity index (χ4n) is 2.44. The molecule has 126 valence electrons. The lowest BCUT2D eigenvalue weighted by atomic mass is 10.0. The molecule has 0 radical (unpaired) electrons. The Kier molecular flexibility index (Phi) is 5.41. The minimum absolute atomic E-state index is 0.00880. The number of fused-ring (bicyclic) bond motifs is 1. The van der Waals surface area contributed by atoms with Crippen molar-refractivity contribution in [1.82, 2.24) is 4.90 Å². The van der Waals surface area contributed by atoms with E-state index >= 15 is 0 Å². The molecule has 1 aliphatic rings. The Bertz CT molecular complexity index is 636. The summed E-state index contributed by atoms with van der Waals surface area (Å²) < 4.78 is 5.15. The zero-order valence-electron chi connectivity index (χ0n) is 13.9. The number of carbonyl (C=O) groups is 3. The molecule has 2 heterocycles. The second-order valence-electron chi connectivity index (χ2n) is 5.76. The fourth-order valence-corrected chi connectivity index (χ4v) is 3.69. The lowest BCUT2D eigenvalue weighted by molar-refractivity contribution is -0.129. The number of nitrogens with zero attached hydrogens (tertiary/aromatic N) is 1. The zero-order valence-corrected chi connectivity index (χ0v) is 14.7. The van der Waals surface area contributed by atoms with E-state index in [4.69, 9.17) is 4.74 Å². The summed E-state index contributed by atoms with van der Waals surface area (Å²) in [6, 6.07) is 0. The van der Waals surface area contributed by atoms with Crippen LogP contribution in [-0.2, 0) is 27.3 Å². The van der Waals surface area contributed by atoms with Gasteiger partial charge >= 0.3 is 5.97 Å². The molecule has 1 aromatic rings. The summed E-state index contributed by atoms with van der Waals surface area (Å²) in [5.41, 5.74) is 1.34. The van der Waals surface area contributed by atoms with E-state index in [-0.39, 0.29) is 24.3 Å². The molecule has 23 heavy (non-hydrogen) atoms. The normalized spacial score (nSPS) is 13.7. The van der Waals surface area contributed by atoms with Crippen molar-refractivity contribution < 1.29 is 19.1 Å². The van der Waals surface area contributed by atoms with Gasteiger partial charge in [-0.05, 0) is 18.9 Å². The van der Waals surface area contributed by atoms with E-state index in [2.05, 4.69) is 5.32 Å². The molecule has 1 N–H and O–H groups in total. The van der Waals surface area contributed by atoms with E-state index in [1.54, 1.807) is 25.7 Å². The van der Waals surface area contributed by atoms with Crippen LogP contribution in [-0.4, -0.2) is 35.8 Å². The van der Waals surface area contributed by atoms with E-state index < -0.39 is 5.97 Å². The van der Waals surface area contributed by atoms with Gasteiger partial charge in [-0.25, -0.2) is 4.79 Å². The fraction of sp³-hybridized carbons (Fsp3) is 0.562. The van der Waals surface area contributed by atoms with Crippen LogP contribution >= 0.6 is 11.3 Å². The van der Waals surface area contributed by atoms with Crippen molar-refractivity contribution in [3.63, 3.8) is 0 Å². The summed E-state index contributed by atoms with van der Waals surface area (Å²) in [6.07, 6.45) is 0.594. The largest absolute Gasteiger partial charge is 0.462 e. The zero-order chi connectivity index (χ0) is 17.1. The summed E-state index contributed by atoms with van der Waals surface area (Å²) in [7, 11) is 0. The molecule has 0 aromatic carbocycles. The number of esters is 1. The van der Waals surface area contributed by atoms with Gasteiger partial charge in [-0.3, -0.25) is 9.59 Å². The van der Waals surface area contributed by atoms with Gasteiger partial charge in [-0.15, -0.1) is 11.3 Å². The van der Waals surface area contributed by atoms with E-state index in [1.165, 1.54) is 18.3 Å². The Morgan fingerprint density at radius 1 is 1.35 bits per heavy atom. The molecule has 0 aliphatic carbocycles. The number of amides is 2. The van der Waals surface area contributed by atoms with Crippen molar-refractivity contribution >= 4 is 34.1 Å². The van der Waals surface area contributed by atoms with Crippen LogP contribution in [0.2, 0.25) is 0 Å². The van der Waals surface area contributed by atoms with Gasteiger partial charge in [0.25, 0.3) is 0 Å². The Labute approximate surface area is 139 Å². The first-order chi connectivity index (χ1) is 10.8. The van der Waals surface area contributed by atoms with E-state index in [0.717, 1.165) is 10.4 Å². The van der Waals surface area contributed by atoms with Crippen molar-refractivity contribution in [2.24, 2.45) is 5.92 Å². The van der Waals surface area contributed by atoms with Crippen molar-refractivity contribution in [3.8, 4) is 0 Å². The summed E-state index contributed by atoms with van der Waals surface area (Å²) in [4.78, 5) is 38.6. The first-order valence-corrected chi connectivity index (χ1v) is 8.54. The van der Waals surface area contributed by atoms with Crippen molar-refractivity contribution in [2.75, 3.05) is 18.5 Å². The molecule has 1 aliphatic heterocycles. The molecule has 1 aromatic heterocycles. The number of ether oxygens (including phenoxy) is 1. The van der Waals surface area contributed by atoms with Gasteiger partial charge in [0.1, 0.15) is 5.00 Å². The Morgan fingerprint density at radius 2 is 2.04 bits per heavy atom. The molecule has 2 amide bonds. The van der Waals surface area contributed by atoms with Crippen molar-refractivity contribution in [2.45, 2.75) is 40.7 Å². The highest BCUT2D eigenvalue weighted by atomic mass is 32.1. The van der Waals surface area contributed by atoms with E-state index in [9.17, 15) is 14.4 Å². The predicted molar refractivity (Wildman–Crippen MR) is 88.5 cm³/mol. The molecule has 2 rings (SSSR count). The second-order valence-corrected chi connectivity index (χ2v) is 6.87. The van der Waals surface area contributed by atoms with Gasteiger partial charge in [0.2, 0.25) is 11.8 Å². The number of anilines is 1. The highest BCUT2D eigenvalue weighted by molar-refractivity contribution is 7.17. The third kappa shape index (κ3) is 3.72. The molecular weight excluding hydrogens is 316 g/mol. The smallest absolute Gasteiger partial charge is 0.341 e. The highest BCUT2D eigenvalue weighted by Gasteiger charge is 2.30. The van der Waals surface area contributed by atoms with Crippen LogP contribution in [0, 0.1) is 5.92 Å². The van der Waals surface area contributed by atoms with Gasteiger partial charge < -0.3 is 15.0 Å². The van der Waals surface area contributed by atoms with E-state index in [1.807, 2.05) is 0 Å². The highest BCUT2D eigenvalue weighted by Crippen LogP contribution is 2.37. The number of hydrogen-bond donors (Lipinski definition) is 1. The minimum Gasteiger partial charge on any atom is -0.462 e. The molecule has 0 spiro atoms. The molecule has 0 bridgehead atoms. The van der Waals surface area contributed by atoms with Crippen LogP contribution in [0.15, 0.2) is 0 Å². The van der Waals surface area contributed by atoms with E-state index in [0.29, 0.717) is 30.1 Å². The van der Waals surface area contributed by atoms with Crippen LogP contribution in [0.3, 0.4) is 0 Å². The molecule has 0 saturated carbocycles. The summed E-state index contributed by atoms with van der Waals surface area (Å²) >= 11 is 1.36. The molecule has 0 unspecified atom stereocenters. The average Bonchev–Trinajstić information content (AvgIpc) is 2.83. The summed E-state index contributed by atoms with van der Waals surface area (Å²) in [5, 5.41) is 3.35. The maximum Gasteiger partial charge on any atom is 0.341 e. The molecule has 6 nitrogen and oxygen atoms in total. The van der Waals surface area contributed by atoms with Gasteiger partial charge in [-0.1, -0.05) is 13.8 Å². The van der Waals surface area contributed by atoms with Crippen LogP contribution in [0.4, 0.5) is 5.00 Å². The Morgan fingerprint density at radius 3 is 2.61 bits per heavy atom. The topological polar surface area (TPSA) is 75.7 Å². The number of carbonyl (C=O) groups excluding carboxylic acids is 3. The Balaban J connectivity index is 2.39. The van der Waals surface area contributed by atoms with Crippen LogP contribution < -0.4 is 5.32 Å². The molecule has 0 saturated heterocycles.